The lowest BCUT2D eigenvalue weighted by Crippen LogP contribution is -2.38. The third-order valence-electron chi connectivity index (χ3n) is 5.71. The maximum Gasteiger partial charge on any atom is 0.334 e. The highest BCUT2D eigenvalue weighted by molar-refractivity contribution is 5.91. The van der Waals surface area contributed by atoms with Crippen molar-refractivity contribution < 1.29 is 33.3 Å². The summed E-state index contributed by atoms with van der Waals surface area (Å²) in [6, 6.07) is 0. The number of fused-ring (bicyclic) bond motifs is 2. The van der Waals surface area contributed by atoms with Crippen LogP contribution in [0.3, 0.4) is 0 Å². The van der Waals surface area contributed by atoms with E-state index in [4.69, 9.17) is 18.9 Å². The van der Waals surface area contributed by atoms with E-state index in [1.165, 1.54) is 6.92 Å². The Morgan fingerprint density at radius 2 is 2.00 bits per heavy atom. The zero-order valence-electron chi connectivity index (χ0n) is 17.0. The van der Waals surface area contributed by atoms with Crippen LogP contribution in [0, 0.1) is 11.8 Å². The highest BCUT2D eigenvalue weighted by Gasteiger charge is 2.58. The van der Waals surface area contributed by atoms with Gasteiger partial charge < -0.3 is 18.9 Å². The summed E-state index contributed by atoms with van der Waals surface area (Å²) < 4.78 is 22.7. The van der Waals surface area contributed by atoms with E-state index in [1.54, 1.807) is 19.9 Å². The van der Waals surface area contributed by atoms with Gasteiger partial charge >= 0.3 is 17.9 Å². The van der Waals surface area contributed by atoms with Crippen LogP contribution in [0.25, 0.3) is 0 Å². The lowest BCUT2D eigenvalue weighted by atomic mass is 9.82. The first kappa shape index (κ1) is 20.6. The Kier molecular flexibility index (Phi) is 5.40. The average molecular weight is 392 g/mol. The van der Waals surface area contributed by atoms with Gasteiger partial charge in [0, 0.05) is 25.3 Å². The topological polar surface area (TPSA) is 91.4 Å². The van der Waals surface area contributed by atoms with Crippen LogP contribution in [0.1, 0.15) is 47.5 Å². The number of carbonyl (C=O) groups excluding carboxylic acids is 3. The first-order chi connectivity index (χ1) is 13.0. The molecule has 2 fully saturated rings. The van der Waals surface area contributed by atoms with Crippen molar-refractivity contribution in [2.24, 2.45) is 11.8 Å². The van der Waals surface area contributed by atoms with Gasteiger partial charge in [0.25, 0.3) is 0 Å². The van der Waals surface area contributed by atoms with Crippen LogP contribution in [-0.4, -0.2) is 47.9 Å². The van der Waals surface area contributed by atoms with E-state index in [2.05, 4.69) is 6.58 Å². The number of hydrogen-bond donors (Lipinski definition) is 0. The molecule has 3 rings (SSSR count). The molecule has 2 aliphatic heterocycles. The zero-order chi connectivity index (χ0) is 20.8. The molecule has 1 aliphatic carbocycles. The third-order valence-corrected chi connectivity index (χ3v) is 5.71. The molecule has 7 nitrogen and oxygen atoms in total. The zero-order valence-corrected chi connectivity index (χ0v) is 17.0. The van der Waals surface area contributed by atoms with Gasteiger partial charge in [-0.2, -0.15) is 0 Å². The minimum atomic E-state index is -0.637. The molecule has 0 N–H and O–H groups in total. The first-order valence-corrected chi connectivity index (χ1v) is 9.65. The monoisotopic (exact) mass is 392 g/mol. The molecule has 0 amide bonds. The largest absolute Gasteiger partial charge is 0.461 e. The van der Waals surface area contributed by atoms with E-state index in [0.717, 1.165) is 5.57 Å². The van der Waals surface area contributed by atoms with Gasteiger partial charge in [0.1, 0.15) is 18.3 Å². The summed E-state index contributed by atoms with van der Waals surface area (Å²) in [5.41, 5.74) is 0.511. The van der Waals surface area contributed by atoms with Crippen molar-refractivity contribution in [3.05, 3.63) is 23.8 Å². The number of ether oxygens (including phenoxy) is 4. The molecular weight excluding hydrogens is 364 g/mol. The molecule has 6 atom stereocenters. The van der Waals surface area contributed by atoms with Crippen LogP contribution in [0.15, 0.2) is 23.8 Å². The quantitative estimate of drug-likeness (QED) is 0.240. The second-order valence-corrected chi connectivity index (χ2v) is 8.42. The van der Waals surface area contributed by atoms with Crippen LogP contribution >= 0.6 is 0 Å². The molecular formula is C21H28O7. The van der Waals surface area contributed by atoms with Crippen LogP contribution in [0.5, 0.6) is 0 Å². The Balaban J connectivity index is 1.98. The van der Waals surface area contributed by atoms with Crippen molar-refractivity contribution in [2.45, 2.75) is 77.5 Å². The molecule has 0 aromatic rings. The summed E-state index contributed by atoms with van der Waals surface area (Å²) in [6.45, 7) is 12.5. The lowest BCUT2D eigenvalue weighted by molar-refractivity contribution is -0.157. The Hall–Kier alpha value is -2.15. The number of epoxide rings is 1. The molecule has 0 radical (unpaired) electrons. The van der Waals surface area contributed by atoms with E-state index in [0.29, 0.717) is 12.8 Å². The Morgan fingerprint density at radius 3 is 2.61 bits per heavy atom. The molecule has 154 valence electrons. The van der Waals surface area contributed by atoms with Crippen LogP contribution in [0.4, 0.5) is 0 Å². The van der Waals surface area contributed by atoms with Crippen LogP contribution < -0.4 is 0 Å². The summed E-state index contributed by atoms with van der Waals surface area (Å²) in [5, 5.41) is 0. The molecule has 0 aromatic heterocycles. The molecule has 28 heavy (non-hydrogen) atoms. The molecule has 0 aromatic carbocycles. The highest BCUT2D eigenvalue weighted by atomic mass is 16.6. The summed E-state index contributed by atoms with van der Waals surface area (Å²) in [4.78, 5) is 36.1. The predicted molar refractivity (Wildman–Crippen MR) is 99.1 cm³/mol. The van der Waals surface area contributed by atoms with Gasteiger partial charge in [0.05, 0.1) is 23.5 Å². The normalized spacial score (nSPS) is 39.2. The third kappa shape index (κ3) is 3.99. The smallest absolute Gasteiger partial charge is 0.334 e. The van der Waals surface area contributed by atoms with Crippen LogP contribution in [0.2, 0.25) is 0 Å². The van der Waals surface area contributed by atoms with Crippen molar-refractivity contribution >= 4 is 17.9 Å². The summed E-state index contributed by atoms with van der Waals surface area (Å²) in [6.07, 6.45) is 0.846. The fourth-order valence-corrected chi connectivity index (χ4v) is 3.96. The SMILES string of the molecule is C=C1C(=O)O[C@@H]2/C=C(/C)[C@@H](OC(C)=O)CC3O[C@]3(C)C[C@@H](OC(=O)C(C)C)C12. The van der Waals surface area contributed by atoms with Crippen molar-refractivity contribution in [3.63, 3.8) is 0 Å². The van der Waals surface area contributed by atoms with E-state index < -0.39 is 35.8 Å². The summed E-state index contributed by atoms with van der Waals surface area (Å²) in [7, 11) is 0. The Labute approximate surface area is 165 Å². The van der Waals surface area contributed by atoms with Gasteiger partial charge in [-0.3, -0.25) is 9.59 Å². The molecule has 2 unspecified atom stereocenters. The van der Waals surface area contributed by atoms with Gasteiger partial charge in [-0.15, -0.1) is 0 Å². The number of carbonyl (C=O) groups is 3. The van der Waals surface area contributed by atoms with Crippen molar-refractivity contribution in [2.75, 3.05) is 0 Å². The van der Waals surface area contributed by atoms with Gasteiger partial charge in [0.2, 0.25) is 0 Å². The van der Waals surface area contributed by atoms with E-state index >= 15 is 0 Å². The number of esters is 3. The molecule has 2 saturated heterocycles. The van der Waals surface area contributed by atoms with Gasteiger partial charge in [-0.05, 0) is 25.5 Å². The molecule has 2 heterocycles. The first-order valence-electron chi connectivity index (χ1n) is 9.65. The second-order valence-electron chi connectivity index (χ2n) is 8.42. The van der Waals surface area contributed by atoms with Crippen molar-refractivity contribution in [1.29, 1.82) is 0 Å². The number of hydrogen-bond acceptors (Lipinski definition) is 7. The van der Waals surface area contributed by atoms with Crippen molar-refractivity contribution in [3.8, 4) is 0 Å². The maximum atomic E-state index is 12.3. The molecule has 7 heteroatoms. The Morgan fingerprint density at radius 1 is 1.32 bits per heavy atom. The predicted octanol–water partition coefficient (Wildman–Crippen LogP) is 2.48. The number of rotatable bonds is 3. The lowest BCUT2D eigenvalue weighted by Gasteiger charge is -2.30. The fourth-order valence-electron chi connectivity index (χ4n) is 3.96. The standard InChI is InChI=1S/C21H28O7/c1-10(2)19(23)27-16-9-21(6)17(28-21)8-14(25-13(5)22)11(3)7-15-18(16)12(4)20(24)26-15/h7,10,14-18H,4,8-9H2,1-3,5-6H3/b11-7-/t14-,15+,16+,17?,18?,21+/m0/s1. The minimum absolute atomic E-state index is 0.136. The second kappa shape index (κ2) is 7.35. The molecule has 0 saturated carbocycles. The van der Waals surface area contributed by atoms with Crippen LogP contribution in [-0.2, 0) is 33.3 Å². The van der Waals surface area contributed by atoms with Gasteiger partial charge in [-0.25, -0.2) is 4.79 Å². The van der Waals surface area contributed by atoms with Gasteiger partial charge in [-0.1, -0.05) is 20.4 Å². The fraction of sp³-hybridized carbons (Fsp3) is 0.667. The molecule has 0 bridgehead atoms. The Bertz CT molecular complexity index is 737. The van der Waals surface area contributed by atoms with E-state index in [1.807, 2.05) is 13.8 Å². The van der Waals surface area contributed by atoms with Crippen molar-refractivity contribution in [1.82, 2.24) is 0 Å². The van der Waals surface area contributed by atoms with Gasteiger partial charge in [0.15, 0.2) is 0 Å². The minimum Gasteiger partial charge on any atom is -0.461 e. The molecule has 0 spiro atoms. The van der Waals surface area contributed by atoms with E-state index in [9.17, 15) is 14.4 Å². The summed E-state index contributed by atoms with van der Waals surface area (Å²) in [5.74, 6) is -2.04. The van der Waals surface area contributed by atoms with E-state index in [-0.39, 0.29) is 29.5 Å². The average Bonchev–Trinajstić information content (AvgIpc) is 3.11. The summed E-state index contributed by atoms with van der Waals surface area (Å²) >= 11 is 0. The maximum absolute atomic E-state index is 12.3. The molecule has 3 aliphatic rings. The highest BCUT2D eigenvalue weighted by Crippen LogP contribution is 2.48.